The monoisotopic (exact) mass is 747 g/mol. The van der Waals surface area contributed by atoms with Crippen LogP contribution >= 0.6 is 0 Å². The van der Waals surface area contributed by atoms with E-state index >= 15 is 4.39 Å². The topological polar surface area (TPSA) is 91.6 Å². The second-order valence-electron chi connectivity index (χ2n) is 13.9. The number of halogens is 8. The van der Waals surface area contributed by atoms with Crippen LogP contribution in [0.3, 0.4) is 0 Å². The summed E-state index contributed by atoms with van der Waals surface area (Å²) < 4.78 is 117. The van der Waals surface area contributed by atoms with E-state index in [0.717, 1.165) is 16.8 Å². The van der Waals surface area contributed by atoms with Gasteiger partial charge in [-0.1, -0.05) is 33.3 Å². The van der Waals surface area contributed by atoms with Gasteiger partial charge in [-0.15, -0.1) is 0 Å². The summed E-state index contributed by atoms with van der Waals surface area (Å²) in [6.07, 6.45) is -9.51. The molecule has 288 valence electrons. The number of carboxylic acids is 1. The van der Waals surface area contributed by atoms with Crippen LogP contribution < -0.4 is 10.9 Å². The summed E-state index contributed by atoms with van der Waals surface area (Å²) in [5.41, 5.74) is -6.90. The number of alkyl halides is 7. The van der Waals surface area contributed by atoms with Gasteiger partial charge in [-0.25, -0.2) is 8.78 Å². The standard InChI is InChI=1S/C37H45F8N3O4/c1-8-47(9-2)11-10-23-19-48(30(49)15-27(23)37(43,44)45)29(12-20(3)4)34(52)46-28(16-31(50)51)25-13-24(36(40,41)42)14-26(33(25)38)32-21(5)17-35(7,39)18-22(32)6/h13-15,17,19-20,28-29H,8-12,16,18H2,1-7H3,(H,46,52)(H,50,51)/t28-,29?,35?/m0/s1. The van der Waals surface area contributed by atoms with Crippen LogP contribution in [0.2, 0.25) is 0 Å². The number of carboxylic acid groups (broad SMARTS) is 1. The Hall–Kier alpha value is -4.01. The molecule has 1 amide bonds. The number of carbonyl (C=O) groups is 2. The number of aliphatic carboxylic acids is 1. The third kappa shape index (κ3) is 10.3. The second-order valence-corrected chi connectivity index (χ2v) is 13.9. The number of carbonyl (C=O) groups excluding carboxylic acids is 1. The molecule has 2 N–H and O–H groups in total. The number of aromatic nitrogens is 1. The minimum atomic E-state index is -5.06. The molecule has 3 atom stereocenters. The van der Waals surface area contributed by atoms with Crippen molar-refractivity contribution in [3.05, 3.63) is 85.6 Å². The van der Waals surface area contributed by atoms with Crippen molar-refractivity contribution >= 4 is 17.4 Å². The fourth-order valence-electron chi connectivity index (χ4n) is 6.80. The summed E-state index contributed by atoms with van der Waals surface area (Å²) in [7, 11) is 0. The lowest BCUT2D eigenvalue weighted by molar-refractivity contribution is -0.139. The average Bonchev–Trinajstić information content (AvgIpc) is 2.99. The van der Waals surface area contributed by atoms with Gasteiger partial charge in [0, 0.05) is 36.4 Å². The molecule has 1 aromatic heterocycles. The van der Waals surface area contributed by atoms with Crippen LogP contribution in [-0.4, -0.2) is 51.8 Å². The van der Waals surface area contributed by atoms with E-state index in [-0.39, 0.29) is 54.0 Å². The third-order valence-corrected chi connectivity index (χ3v) is 9.11. The molecule has 2 aromatic rings. The molecule has 3 rings (SSSR count). The number of allylic oxidation sites excluding steroid dienone is 4. The molecule has 0 radical (unpaired) electrons. The van der Waals surface area contributed by atoms with Crippen LogP contribution in [0.15, 0.2) is 46.4 Å². The summed E-state index contributed by atoms with van der Waals surface area (Å²) in [6.45, 7) is 12.3. The fraction of sp³-hybridized carbons (Fsp3) is 0.541. The van der Waals surface area contributed by atoms with Gasteiger partial charge in [0.25, 0.3) is 5.56 Å². The maximum atomic E-state index is 16.5. The Balaban J connectivity index is 2.22. The average molecular weight is 748 g/mol. The second kappa shape index (κ2) is 16.3. The first-order valence-corrected chi connectivity index (χ1v) is 17.0. The molecule has 52 heavy (non-hydrogen) atoms. The zero-order valence-corrected chi connectivity index (χ0v) is 30.2. The Morgan fingerprint density at radius 2 is 1.65 bits per heavy atom. The van der Waals surface area contributed by atoms with Gasteiger partial charge in [-0.3, -0.25) is 14.4 Å². The highest BCUT2D eigenvalue weighted by Gasteiger charge is 2.38. The SMILES string of the molecule is CCN(CC)CCc1cn(C(CC(C)C)C(=O)N[C@@H](CC(=O)O)c2cc(C(F)(F)F)cc(C3=C(C)CC(C)(F)C=C3C)c2F)c(=O)cc1C(F)(F)F. The van der Waals surface area contributed by atoms with Crippen LogP contribution in [0, 0.1) is 11.7 Å². The molecule has 0 bridgehead atoms. The van der Waals surface area contributed by atoms with Crippen LogP contribution in [0.25, 0.3) is 5.57 Å². The van der Waals surface area contributed by atoms with Crippen LogP contribution in [0.1, 0.15) is 108 Å². The highest BCUT2D eigenvalue weighted by molar-refractivity contribution is 5.84. The molecule has 1 aliphatic rings. The summed E-state index contributed by atoms with van der Waals surface area (Å²) in [5, 5.41) is 12.1. The highest BCUT2D eigenvalue weighted by atomic mass is 19.4. The minimum absolute atomic E-state index is 0.00777. The molecule has 0 spiro atoms. The molecule has 15 heteroatoms. The number of hydrogen-bond acceptors (Lipinski definition) is 4. The van der Waals surface area contributed by atoms with E-state index in [0.29, 0.717) is 31.3 Å². The largest absolute Gasteiger partial charge is 0.481 e. The van der Waals surface area contributed by atoms with Crippen LogP contribution in [-0.2, 0) is 28.4 Å². The smallest absolute Gasteiger partial charge is 0.416 e. The number of amides is 1. The van der Waals surface area contributed by atoms with Gasteiger partial charge < -0.3 is 19.9 Å². The lowest BCUT2D eigenvalue weighted by atomic mass is 9.80. The Labute approximate surface area is 297 Å². The van der Waals surface area contributed by atoms with E-state index in [4.69, 9.17) is 0 Å². The molecule has 1 aromatic carbocycles. The molecule has 2 unspecified atom stereocenters. The predicted molar refractivity (Wildman–Crippen MR) is 181 cm³/mol. The van der Waals surface area contributed by atoms with Gasteiger partial charge in [0.2, 0.25) is 5.91 Å². The van der Waals surface area contributed by atoms with E-state index in [9.17, 15) is 50.2 Å². The lowest BCUT2D eigenvalue weighted by Gasteiger charge is -2.29. The number of pyridine rings is 1. The third-order valence-electron chi connectivity index (χ3n) is 9.11. The van der Waals surface area contributed by atoms with Gasteiger partial charge >= 0.3 is 18.3 Å². The van der Waals surface area contributed by atoms with Gasteiger partial charge in [0.05, 0.1) is 23.6 Å². The first kappa shape index (κ1) is 42.4. The lowest BCUT2D eigenvalue weighted by Crippen LogP contribution is -2.41. The van der Waals surface area contributed by atoms with Crippen molar-refractivity contribution in [3.8, 4) is 0 Å². The molecule has 1 heterocycles. The maximum absolute atomic E-state index is 16.5. The molecule has 7 nitrogen and oxygen atoms in total. The number of likely N-dealkylation sites (N-methyl/N-ethyl adjacent to an activating group) is 1. The zero-order chi connectivity index (χ0) is 39.5. The van der Waals surface area contributed by atoms with Crippen molar-refractivity contribution in [2.45, 2.75) is 104 Å². The van der Waals surface area contributed by atoms with Crippen LogP contribution in [0.4, 0.5) is 35.1 Å². The Morgan fingerprint density at radius 1 is 1.04 bits per heavy atom. The molecular formula is C37H45F8N3O4. The van der Waals surface area contributed by atoms with Crippen molar-refractivity contribution < 1.29 is 49.8 Å². The number of nitrogens with one attached hydrogen (secondary N) is 1. The number of rotatable bonds is 14. The van der Waals surface area contributed by atoms with E-state index in [1.54, 1.807) is 13.8 Å². The zero-order valence-electron chi connectivity index (χ0n) is 30.2. The molecule has 0 aliphatic heterocycles. The number of benzene rings is 1. The predicted octanol–water partition coefficient (Wildman–Crippen LogP) is 8.68. The first-order valence-electron chi connectivity index (χ1n) is 17.0. The fourth-order valence-corrected chi connectivity index (χ4v) is 6.80. The molecule has 0 saturated heterocycles. The van der Waals surface area contributed by atoms with Crippen molar-refractivity contribution in [2.75, 3.05) is 19.6 Å². The Kier molecular flexibility index (Phi) is 13.3. The Bertz CT molecular complexity index is 1770. The summed E-state index contributed by atoms with van der Waals surface area (Å²) in [5.74, 6) is -4.38. The van der Waals surface area contributed by atoms with E-state index in [1.165, 1.54) is 20.8 Å². The minimum Gasteiger partial charge on any atom is -0.481 e. The van der Waals surface area contributed by atoms with E-state index in [1.807, 2.05) is 18.7 Å². The van der Waals surface area contributed by atoms with Crippen LogP contribution in [0.5, 0.6) is 0 Å². The van der Waals surface area contributed by atoms with Crippen molar-refractivity contribution in [2.24, 2.45) is 5.92 Å². The summed E-state index contributed by atoms with van der Waals surface area (Å²) in [6, 6.07) is -2.17. The van der Waals surface area contributed by atoms with Gasteiger partial charge in [0.15, 0.2) is 0 Å². The first-order chi connectivity index (χ1) is 23.9. The highest BCUT2D eigenvalue weighted by Crippen LogP contribution is 2.43. The quantitative estimate of drug-likeness (QED) is 0.189. The summed E-state index contributed by atoms with van der Waals surface area (Å²) >= 11 is 0. The maximum Gasteiger partial charge on any atom is 0.416 e. The Morgan fingerprint density at radius 3 is 2.15 bits per heavy atom. The van der Waals surface area contributed by atoms with Crippen molar-refractivity contribution in [1.29, 1.82) is 0 Å². The molecule has 0 fully saturated rings. The van der Waals surface area contributed by atoms with Crippen molar-refractivity contribution in [1.82, 2.24) is 14.8 Å². The molecular weight excluding hydrogens is 702 g/mol. The van der Waals surface area contributed by atoms with Gasteiger partial charge in [0.1, 0.15) is 17.5 Å². The normalized spacial score (nSPS) is 18.1. The number of hydrogen-bond donors (Lipinski definition) is 2. The van der Waals surface area contributed by atoms with Crippen molar-refractivity contribution in [3.63, 3.8) is 0 Å². The van der Waals surface area contributed by atoms with E-state index < -0.39 is 82.0 Å². The number of nitrogens with zero attached hydrogens (tertiary/aromatic N) is 2. The summed E-state index contributed by atoms with van der Waals surface area (Å²) in [4.78, 5) is 41.1. The van der Waals surface area contributed by atoms with Gasteiger partial charge in [-0.05, 0) is 87.5 Å². The van der Waals surface area contributed by atoms with Gasteiger partial charge in [-0.2, -0.15) is 26.3 Å². The molecule has 1 aliphatic carbocycles. The molecule has 0 saturated carbocycles. The van der Waals surface area contributed by atoms with E-state index in [2.05, 4.69) is 5.32 Å².